The number of nitrogens with one attached hydrogen (secondary N) is 1. The topological polar surface area (TPSA) is 86.4 Å². The first-order valence-corrected chi connectivity index (χ1v) is 11.0. The number of benzene rings is 2. The maximum Gasteiger partial charge on any atom is 0.364 e. The lowest BCUT2D eigenvalue weighted by Gasteiger charge is -2.09. The highest BCUT2D eigenvalue weighted by Gasteiger charge is 2.25. The highest BCUT2D eigenvalue weighted by atomic mass is 16.5. The van der Waals surface area contributed by atoms with Gasteiger partial charge in [0.1, 0.15) is 11.6 Å². The van der Waals surface area contributed by atoms with Crippen LogP contribution in [0.1, 0.15) is 46.0 Å². The van der Waals surface area contributed by atoms with E-state index in [2.05, 4.69) is 9.88 Å². The second kappa shape index (κ2) is 9.16. The summed E-state index contributed by atoms with van der Waals surface area (Å²) in [5, 5.41) is 2.74. The van der Waals surface area contributed by atoms with Gasteiger partial charge in [-0.2, -0.15) is 0 Å². The molecule has 1 aliphatic rings. The number of hydrogen-bond acceptors (Lipinski definition) is 5. The average Bonchev–Trinajstić information content (AvgIpc) is 3.43. The van der Waals surface area contributed by atoms with Gasteiger partial charge in [0.2, 0.25) is 0 Å². The first-order valence-electron chi connectivity index (χ1n) is 11.0. The van der Waals surface area contributed by atoms with Crippen molar-refractivity contribution in [3.63, 3.8) is 0 Å². The summed E-state index contributed by atoms with van der Waals surface area (Å²) in [6.45, 7) is 0.828. The second-order valence-electron chi connectivity index (χ2n) is 7.91. The Bertz CT molecular complexity index is 1280. The molecular weight excluding hydrogens is 418 g/mol. The minimum Gasteiger partial charge on any atom is -0.459 e. The van der Waals surface area contributed by atoms with Crippen molar-refractivity contribution in [2.24, 2.45) is 0 Å². The molecule has 2 aromatic heterocycles. The predicted molar refractivity (Wildman–Crippen MR) is 123 cm³/mol. The van der Waals surface area contributed by atoms with E-state index in [4.69, 9.17) is 14.1 Å². The summed E-state index contributed by atoms with van der Waals surface area (Å²) in [4.78, 5) is 30.1. The number of fused-ring (bicyclic) bond motifs is 1. The number of ether oxygens (including phenoxy) is 1. The quantitative estimate of drug-likeness (QED) is 0.334. The van der Waals surface area contributed by atoms with Gasteiger partial charge in [-0.1, -0.05) is 42.8 Å². The van der Waals surface area contributed by atoms with Gasteiger partial charge in [-0.3, -0.25) is 4.79 Å². The molecule has 0 spiro atoms. The number of rotatable bonds is 5. The van der Waals surface area contributed by atoms with Crippen molar-refractivity contribution in [1.82, 2.24) is 9.55 Å². The molecule has 0 atom stereocenters. The van der Waals surface area contributed by atoms with E-state index in [1.165, 1.54) is 6.26 Å². The Morgan fingerprint density at radius 3 is 2.67 bits per heavy atom. The maximum absolute atomic E-state index is 13.2. The van der Waals surface area contributed by atoms with E-state index in [0.29, 0.717) is 17.1 Å². The summed E-state index contributed by atoms with van der Waals surface area (Å²) in [6.07, 6.45) is 5.39. The van der Waals surface area contributed by atoms with Crippen molar-refractivity contribution in [1.29, 1.82) is 0 Å². The van der Waals surface area contributed by atoms with Crippen molar-refractivity contribution >= 4 is 17.6 Å². The van der Waals surface area contributed by atoms with E-state index in [0.717, 1.165) is 49.3 Å². The Morgan fingerprint density at radius 2 is 1.85 bits per heavy atom. The molecule has 0 unspecified atom stereocenters. The van der Waals surface area contributed by atoms with Crippen LogP contribution in [0.4, 0.5) is 5.69 Å². The normalized spacial score (nSPS) is 13.1. The fraction of sp³-hybridized carbons (Fsp3) is 0.192. The van der Waals surface area contributed by atoms with E-state index in [1.807, 2.05) is 30.3 Å². The lowest BCUT2D eigenvalue weighted by Crippen LogP contribution is -2.14. The third-order valence-electron chi connectivity index (χ3n) is 5.64. The lowest BCUT2D eigenvalue weighted by atomic mass is 10.1. The van der Waals surface area contributed by atoms with Gasteiger partial charge in [0.25, 0.3) is 5.91 Å². The number of aromatic nitrogens is 2. The zero-order chi connectivity index (χ0) is 22.6. The standard InChI is InChI=1S/C26H23N3O4/c30-25(22-14-8-16-32-22)27-19-11-7-12-20(17-19)33-26(31)23-21-13-5-2-6-15-29(21)24(28-23)18-9-3-1-4-10-18/h1,3-4,7-12,14,16-17H,2,5-6,13,15H2,(H,27,30). The fourth-order valence-electron chi connectivity index (χ4n) is 4.08. The van der Waals surface area contributed by atoms with Crippen molar-refractivity contribution in [3.8, 4) is 17.1 Å². The third-order valence-corrected chi connectivity index (χ3v) is 5.64. The minimum absolute atomic E-state index is 0.201. The smallest absolute Gasteiger partial charge is 0.364 e. The number of carbonyl (C=O) groups is 2. The molecule has 1 amide bonds. The summed E-state index contributed by atoms with van der Waals surface area (Å²) >= 11 is 0. The van der Waals surface area contributed by atoms with Crippen molar-refractivity contribution in [2.45, 2.75) is 32.2 Å². The number of esters is 1. The van der Waals surface area contributed by atoms with E-state index >= 15 is 0 Å². The molecule has 5 rings (SSSR count). The fourth-order valence-corrected chi connectivity index (χ4v) is 4.08. The van der Waals surface area contributed by atoms with Crippen molar-refractivity contribution < 1.29 is 18.7 Å². The zero-order valence-corrected chi connectivity index (χ0v) is 18.0. The van der Waals surface area contributed by atoms with Crippen LogP contribution in [0.5, 0.6) is 5.75 Å². The molecule has 3 heterocycles. The molecule has 0 bridgehead atoms. The highest BCUT2D eigenvalue weighted by molar-refractivity contribution is 6.02. The third kappa shape index (κ3) is 4.43. The predicted octanol–water partition coefficient (Wildman–Crippen LogP) is 5.34. The first-order chi connectivity index (χ1) is 16.2. The molecular formula is C26H23N3O4. The summed E-state index contributed by atoms with van der Waals surface area (Å²) in [7, 11) is 0. The molecule has 0 saturated carbocycles. The Morgan fingerprint density at radius 1 is 0.970 bits per heavy atom. The molecule has 1 aliphatic heterocycles. The Kier molecular flexibility index (Phi) is 5.76. The Hall–Kier alpha value is -4.13. The largest absolute Gasteiger partial charge is 0.459 e. The van der Waals surface area contributed by atoms with Crippen LogP contribution in [0.3, 0.4) is 0 Å². The van der Waals surface area contributed by atoms with Crippen LogP contribution >= 0.6 is 0 Å². The number of nitrogens with zero attached hydrogens (tertiary/aromatic N) is 2. The average molecular weight is 441 g/mol. The van der Waals surface area contributed by atoms with E-state index in [1.54, 1.807) is 36.4 Å². The second-order valence-corrected chi connectivity index (χ2v) is 7.91. The van der Waals surface area contributed by atoms with E-state index in [-0.39, 0.29) is 11.7 Å². The molecule has 166 valence electrons. The number of hydrogen-bond donors (Lipinski definition) is 1. The van der Waals surface area contributed by atoms with Crippen LogP contribution in [-0.4, -0.2) is 21.4 Å². The highest BCUT2D eigenvalue weighted by Crippen LogP contribution is 2.28. The number of carbonyl (C=O) groups excluding carboxylic acids is 2. The van der Waals surface area contributed by atoms with Gasteiger partial charge in [-0.15, -0.1) is 0 Å². The number of anilines is 1. The van der Waals surface area contributed by atoms with E-state index in [9.17, 15) is 9.59 Å². The van der Waals surface area contributed by atoms with Gasteiger partial charge in [-0.25, -0.2) is 9.78 Å². The van der Waals surface area contributed by atoms with E-state index < -0.39 is 5.97 Å². The van der Waals surface area contributed by atoms with Gasteiger partial charge in [0.15, 0.2) is 11.5 Å². The molecule has 4 aromatic rings. The number of amides is 1. The van der Waals surface area contributed by atoms with Crippen molar-refractivity contribution in [3.05, 3.63) is 90.1 Å². The number of imidazole rings is 1. The minimum atomic E-state index is -0.502. The maximum atomic E-state index is 13.2. The molecule has 0 saturated heterocycles. The molecule has 33 heavy (non-hydrogen) atoms. The molecule has 7 nitrogen and oxygen atoms in total. The SMILES string of the molecule is O=C(Nc1cccc(OC(=O)c2nc(-c3ccccc3)n3c2CCCCC3)c1)c1ccco1. The van der Waals surface area contributed by atoms with Gasteiger partial charge >= 0.3 is 5.97 Å². The van der Waals surface area contributed by atoms with Crippen LogP contribution in [0.15, 0.2) is 77.4 Å². The molecule has 0 aliphatic carbocycles. The van der Waals surface area contributed by atoms with Crippen LogP contribution < -0.4 is 10.1 Å². The number of furan rings is 1. The molecule has 7 heteroatoms. The van der Waals surface area contributed by atoms with Crippen LogP contribution in [0.2, 0.25) is 0 Å². The summed E-state index contributed by atoms with van der Waals surface area (Å²) in [5.74, 6) is 0.437. The van der Waals surface area contributed by atoms with Gasteiger partial charge in [-0.05, 0) is 43.5 Å². The molecule has 0 radical (unpaired) electrons. The van der Waals surface area contributed by atoms with Gasteiger partial charge in [0, 0.05) is 23.9 Å². The van der Waals surface area contributed by atoms with Crippen molar-refractivity contribution in [2.75, 3.05) is 5.32 Å². The van der Waals surface area contributed by atoms with Crippen LogP contribution in [0, 0.1) is 0 Å². The Labute approximate surface area is 191 Å². The summed E-state index contributed by atoms with van der Waals surface area (Å²) in [5.41, 5.74) is 2.73. The molecule has 1 N–H and O–H groups in total. The monoisotopic (exact) mass is 441 g/mol. The Balaban J connectivity index is 1.40. The van der Waals surface area contributed by atoms with Gasteiger partial charge < -0.3 is 19.0 Å². The summed E-state index contributed by atoms with van der Waals surface area (Å²) < 4.78 is 12.9. The first kappa shape index (κ1) is 20.8. The van der Waals surface area contributed by atoms with Crippen LogP contribution in [0.25, 0.3) is 11.4 Å². The lowest BCUT2D eigenvalue weighted by molar-refractivity contribution is 0.0728. The van der Waals surface area contributed by atoms with Gasteiger partial charge in [0.05, 0.1) is 12.0 Å². The molecule has 0 fully saturated rings. The zero-order valence-electron chi connectivity index (χ0n) is 18.0. The van der Waals surface area contributed by atoms with Crippen LogP contribution in [-0.2, 0) is 13.0 Å². The summed E-state index contributed by atoms with van der Waals surface area (Å²) in [6, 6.07) is 19.8. The molecule has 2 aromatic carbocycles.